The van der Waals surface area contributed by atoms with E-state index in [0.717, 1.165) is 5.56 Å². The maximum absolute atomic E-state index is 12.5. The molecule has 1 aromatic carbocycles. The molecule has 0 bridgehead atoms. The number of benzene rings is 1. The summed E-state index contributed by atoms with van der Waals surface area (Å²) in [7, 11) is 1.64. The Morgan fingerprint density at radius 3 is 2.61 bits per heavy atom. The van der Waals surface area contributed by atoms with Gasteiger partial charge in [-0.2, -0.15) is 0 Å². The largest absolute Gasteiger partial charge is 0.383 e. The molecule has 0 aliphatic heterocycles. The number of hydrogen-bond acceptors (Lipinski definition) is 6. The Morgan fingerprint density at radius 2 is 1.93 bits per heavy atom. The maximum Gasteiger partial charge on any atom is 0.237 e. The van der Waals surface area contributed by atoms with E-state index >= 15 is 0 Å². The van der Waals surface area contributed by atoms with Crippen LogP contribution < -0.4 is 5.32 Å². The van der Waals surface area contributed by atoms with Crippen molar-refractivity contribution in [2.45, 2.75) is 23.9 Å². The third-order valence-electron chi connectivity index (χ3n) is 3.94. The van der Waals surface area contributed by atoms with Gasteiger partial charge >= 0.3 is 0 Å². The normalized spacial score (nSPS) is 12.0. The lowest BCUT2D eigenvalue weighted by Crippen LogP contribution is -2.23. The highest BCUT2D eigenvalue weighted by Gasteiger charge is 2.21. The van der Waals surface area contributed by atoms with Crippen molar-refractivity contribution in [3.05, 3.63) is 53.8 Å². The molecule has 28 heavy (non-hydrogen) atoms. The molecule has 7 nitrogen and oxygen atoms in total. The van der Waals surface area contributed by atoms with Crippen molar-refractivity contribution >= 4 is 35.0 Å². The highest BCUT2D eigenvalue weighted by atomic mass is 35.5. The fourth-order valence-corrected chi connectivity index (χ4v) is 3.46. The number of anilines is 1. The highest BCUT2D eigenvalue weighted by Crippen LogP contribution is 2.27. The van der Waals surface area contributed by atoms with Crippen molar-refractivity contribution in [3.63, 3.8) is 0 Å². The first-order valence-corrected chi connectivity index (χ1v) is 9.90. The van der Waals surface area contributed by atoms with E-state index in [-0.39, 0.29) is 11.2 Å². The third kappa shape index (κ3) is 5.09. The summed E-state index contributed by atoms with van der Waals surface area (Å²) in [5, 5.41) is 12.4. The number of carbonyl (C=O) groups is 1. The molecule has 9 heteroatoms. The van der Waals surface area contributed by atoms with Crippen molar-refractivity contribution in [2.24, 2.45) is 0 Å². The standard InChI is InChI=1S/C19H20ClN5O2S/c1-13(18(26)22-16-5-3-15(20)4-6-16)28-19-24-23-17(25(19)11-12-27-2)14-7-9-21-10-8-14/h3-10,13H,11-12H2,1-2H3,(H,22,26)/t13-/m1/s1. The van der Waals surface area contributed by atoms with Gasteiger partial charge in [-0.3, -0.25) is 14.3 Å². The molecule has 1 N–H and O–H groups in total. The quantitative estimate of drug-likeness (QED) is 0.562. The zero-order valence-electron chi connectivity index (χ0n) is 15.5. The first-order chi connectivity index (χ1) is 13.6. The number of amides is 1. The minimum Gasteiger partial charge on any atom is -0.383 e. The van der Waals surface area contributed by atoms with E-state index < -0.39 is 0 Å². The van der Waals surface area contributed by atoms with E-state index in [0.29, 0.717) is 34.8 Å². The van der Waals surface area contributed by atoms with Crippen molar-refractivity contribution in [2.75, 3.05) is 19.0 Å². The average Bonchev–Trinajstić information content (AvgIpc) is 3.11. The van der Waals surface area contributed by atoms with Crippen LogP contribution in [0, 0.1) is 0 Å². The number of nitrogens with zero attached hydrogens (tertiary/aromatic N) is 4. The summed E-state index contributed by atoms with van der Waals surface area (Å²) in [6.45, 7) is 2.92. The second-order valence-corrected chi connectivity index (χ2v) is 7.69. The number of methoxy groups -OCH3 is 1. The number of rotatable bonds is 8. The fourth-order valence-electron chi connectivity index (χ4n) is 2.46. The van der Waals surface area contributed by atoms with Gasteiger partial charge in [0.1, 0.15) is 0 Å². The van der Waals surface area contributed by atoms with Gasteiger partial charge < -0.3 is 10.1 Å². The van der Waals surface area contributed by atoms with E-state index in [4.69, 9.17) is 16.3 Å². The molecule has 1 atom stereocenters. The Labute approximate surface area is 172 Å². The SMILES string of the molecule is COCCn1c(S[C@H](C)C(=O)Nc2ccc(Cl)cc2)nnc1-c1ccncc1. The van der Waals surface area contributed by atoms with Gasteiger partial charge in [-0.15, -0.1) is 10.2 Å². The molecule has 3 aromatic rings. The second kappa shape index (κ2) is 9.68. The van der Waals surface area contributed by atoms with Crippen molar-refractivity contribution in [3.8, 4) is 11.4 Å². The lowest BCUT2D eigenvalue weighted by molar-refractivity contribution is -0.115. The van der Waals surface area contributed by atoms with Crippen LogP contribution in [0.4, 0.5) is 5.69 Å². The smallest absolute Gasteiger partial charge is 0.237 e. The van der Waals surface area contributed by atoms with E-state index in [1.165, 1.54) is 11.8 Å². The summed E-state index contributed by atoms with van der Waals surface area (Å²) in [6.07, 6.45) is 3.42. The Balaban J connectivity index is 1.75. The van der Waals surface area contributed by atoms with Crippen LogP contribution in [0.2, 0.25) is 5.02 Å². The zero-order valence-corrected chi connectivity index (χ0v) is 17.1. The maximum atomic E-state index is 12.5. The molecule has 0 radical (unpaired) electrons. The van der Waals surface area contributed by atoms with E-state index in [9.17, 15) is 4.79 Å². The van der Waals surface area contributed by atoms with Crippen LogP contribution >= 0.6 is 23.4 Å². The Bertz CT molecular complexity index is 918. The van der Waals surface area contributed by atoms with Crippen molar-refractivity contribution in [1.82, 2.24) is 19.7 Å². The van der Waals surface area contributed by atoms with E-state index in [1.54, 1.807) is 43.8 Å². The fraction of sp³-hybridized carbons (Fsp3) is 0.263. The lowest BCUT2D eigenvalue weighted by Gasteiger charge is -2.13. The lowest BCUT2D eigenvalue weighted by atomic mass is 10.2. The molecule has 3 rings (SSSR count). The molecular weight excluding hydrogens is 398 g/mol. The second-order valence-electron chi connectivity index (χ2n) is 5.94. The molecule has 0 aliphatic carbocycles. The van der Waals surface area contributed by atoms with Crippen molar-refractivity contribution < 1.29 is 9.53 Å². The molecule has 2 heterocycles. The summed E-state index contributed by atoms with van der Waals surface area (Å²) in [6, 6.07) is 10.7. The van der Waals surface area contributed by atoms with Gasteiger partial charge in [0, 0.05) is 35.8 Å². The number of ether oxygens (including phenoxy) is 1. The van der Waals surface area contributed by atoms with E-state index in [1.807, 2.05) is 23.6 Å². The van der Waals surface area contributed by atoms with Gasteiger partial charge in [-0.25, -0.2) is 0 Å². The van der Waals surface area contributed by atoms with Crippen LogP contribution in [-0.2, 0) is 16.1 Å². The van der Waals surface area contributed by atoms with E-state index in [2.05, 4.69) is 20.5 Å². The van der Waals surface area contributed by atoms with Crippen LogP contribution in [-0.4, -0.2) is 44.6 Å². The molecule has 0 fully saturated rings. The van der Waals surface area contributed by atoms with Gasteiger partial charge in [0.15, 0.2) is 11.0 Å². The topological polar surface area (TPSA) is 81.9 Å². The molecule has 0 aliphatic rings. The highest BCUT2D eigenvalue weighted by molar-refractivity contribution is 8.00. The molecule has 146 valence electrons. The number of thioether (sulfide) groups is 1. The summed E-state index contributed by atoms with van der Waals surface area (Å²) >= 11 is 7.23. The van der Waals surface area contributed by atoms with Crippen molar-refractivity contribution in [1.29, 1.82) is 0 Å². The molecular formula is C19H20ClN5O2S. The number of aromatic nitrogens is 4. The number of nitrogens with one attached hydrogen (secondary N) is 1. The number of carbonyl (C=O) groups excluding carboxylic acids is 1. The Hall–Kier alpha value is -2.42. The minimum atomic E-state index is -0.369. The van der Waals surface area contributed by atoms with Gasteiger partial charge in [0.2, 0.25) is 5.91 Å². The predicted molar refractivity (Wildman–Crippen MR) is 111 cm³/mol. The van der Waals surface area contributed by atoms with Gasteiger partial charge in [-0.1, -0.05) is 23.4 Å². The Kier molecular flexibility index (Phi) is 7.02. The first-order valence-electron chi connectivity index (χ1n) is 8.64. The summed E-state index contributed by atoms with van der Waals surface area (Å²) in [5.41, 5.74) is 1.60. The molecule has 2 aromatic heterocycles. The van der Waals surface area contributed by atoms with Crippen LogP contribution in [0.25, 0.3) is 11.4 Å². The van der Waals surface area contributed by atoms with Crippen LogP contribution in [0.1, 0.15) is 6.92 Å². The predicted octanol–water partition coefficient (Wildman–Crippen LogP) is 3.76. The number of hydrogen-bond donors (Lipinski definition) is 1. The first kappa shape index (κ1) is 20.3. The zero-order chi connectivity index (χ0) is 19.9. The average molecular weight is 418 g/mol. The van der Waals surface area contributed by atoms with Gasteiger partial charge in [0.25, 0.3) is 0 Å². The molecule has 0 spiro atoms. The molecule has 1 amide bonds. The van der Waals surface area contributed by atoms with Crippen LogP contribution in [0.3, 0.4) is 0 Å². The summed E-state index contributed by atoms with van der Waals surface area (Å²) in [4.78, 5) is 16.6. The Morgan fingerprint density at radius 1 is 1.21 bits per heavy atom. The summed E-state index contributed by atoms with van der Waals surface area (Å²) < 4.78 is 7.17. The van der Waals surface area contributed by atoms with Gasteiger partial charge in [-0.05, 0) is 43.3 Å². The third-order valence-corrected chi connectivity index (χ3v) is 5.27. The van der Waals surface area contributed by atoms with Crippen LogP contribution in [0.15, 0.2) is 53.9 Å². The minimum absolute atomic E-state index is 0.126. The monoisotopic (exact) mass is 417 g/mol. The number of halogens is 1. The molecule has 0 saturated heterocycles. The van der Waals surface area contributed by atoms with Gasteiger partial charge in [0.05, 0.1) is 18.4 Å². The number of pyridine rings is 1. The molecule has 0 saturated carbocycles. The molecule has 0 unspecified atom stereocenters. The van der Waals surface area contributed by atoms with Crippen LogP contribution in [0.5, 0.6) is 0 Å². The summed E-state index contributed by atoms with van der Waals surface area (Å²) in [5.74, 6) is 0.589.